The van der Waals surface area contributed by atoms with Crippen molar-refractivity contribution in [3.63, 3.8) is 0 Å². The number of likely N-dealkylation sites (tertiary alicyclic amines) is 1. The summed E-state index contributed by atoms with van der Waals surface area (Å²) in [5.41, 5.74) is 0. The molecule has 122 valence electrons. The predicted octanol–water partition coefficient (Wildman–Crippen LogP) is 0.344. The number of hydrogen-bond acceptors (Lipinski definition) is 4. The van der Waals surface area contributed by atoms with Crippen LogP contribution in [0.4, 0.5) is 0 Å². The molecule has 1 saturated heterocycles. The Morgan fingerprint density at radius 2 is 2.23 bits per heavy atom. The average Bonchev–Trinajstić information content (AvgIpc) is 3.06. The van der Waals surface area contributed by atoms with Crippen molar-refractivity contribution < 1.29 is 14.3 Å². The lowest BCUT2D eigenvalue weighted by molar-refractivity contribution is -0.139. The molecule has 0 atom stereocenters. The van der Waals surface area contributed by atoms with E-state index in [1.807, 2.05) is 6.92 Å². The molecule has 0 spiro atoms. The molecule has 0 unspecified atom stereocenters. The van der Waals surface area contributed by atoms with Crippen LogP contribution in [-0.4, -0.2) is 59.5 Å². The second-order valence-electron chi connectivity index (χ2n) is 5.37. The first-order valence-electron chi connectivity index (χ1n) is 7.82. The van der Waals surface area contributed by atoms with Crippen LogP contribution in [0.15, 0.2) is 12.4 Å². The minimum Gasteiger partial charge on any atom is -0.372 e. The van der Waals surface area contributed by atoms with E-state index in [0.717, 1.165) is 5.82 Å². The molecule has 2 N–H and O–H groups in total. The third-order valence-corrected chi connectivity index (χ3v) is 3.86. The second kappa shape index (κ2) is 8.53. The van der Waals surface area contributed by atoms with Gasteiger partial charge in [0.25, 0.3) is 0 Å². The van der Waals surface area contributed by atoms with Gasteiger partial charge in [0.05, 0.1) is 0 Å². The molecule has 2 heterocycles. The Bertz CT molecular complexity index is 467. The number of nitrogens with zero attached hydrogens (tertiary/aromatic N) is 2. The van der Waals surface area contributed by atoms with Gasteiger partial charge in [-0.2, -0.15) is 0 Å². The van der Waals surface area contributed by atoms with Crippen molar-refractivity contribution in [2.24, 2.45) is 5.92 Å². The monoisotopic (exact) mass is 308 g/mol. The summed E-state index contributed by atoms with van der Waals surface area (Å²) in [6.45, 7) is 4.38. The third-order valence-electron chi connectivity index (χ3n) is 3.86. The predicted molar refractivity (Wildman–Crippen MR) is 81.1 cm³/mol. The van der Waals surface area contributed by atoms with Crippen molar-refractivity contribution in [3.8, 4) is 0 Å². The van der Waals surface area contributed by atoms with Crippen LogP contribution in [0.3, 0.4) is 0 Å². The highest BCUT2D eigenvalue weighted by molar-refractivity contribution is 5.80. The van der Waals surface area contributed by atoms with E-state index in [-0.39, 0.29) is 24.3 Å². The van der Waals surface area contributed by atoms with E-state index in [9.17, 15) is 9.59 Å². The lowest BCUT2D eigenvalue weighted by atomic mass is 9.96. The quantitative estimate of drug-likeness (QED) is 0.760. The van der Waals surface area contributed by atoms with E-state index in [2.05, 4.69) is 15.3 Å². The molecule has 0 aliphatic carbocycles. The number of aromatic nitrogens is 2. The molecule has 22 heavy (non-hydrogen) atoms. The molecule has 1 aliphatic heterocycles. The van der Waals surface area contributed by atoms with Gasteiger partial charge in [0, 0.05) is 51.0 Å². The fourth-order valence-electron chi connectivity index (χ4n) is 2.55. The van der Waals surface area contributed by atoms with Gasteiger partial charge in [-0.15, -0.1) is 0 Å². The molecule has 1 aliphatic rings. The fraction of sp³-hybridized carbons (Fsp3) is 0.667. The van der Waals surface area contributed by atoms with Crippen LogP contribution in [0.1, 0.15) is 25.6 Å². The number of aromatic amines is 1. The van der Waals surface area contributed by atoms with Gasteiger partial charge in [0.15, 0.2) is 0 Å². The van der Waals surface area contributed by atoms with Crippen LogP contribution < -0.4 is 5.32 Å². The highest BCUT2D eigenvalue weighted by atomic mass is 16.5. The molecule has 2 rings (SSSR count). The number of amides is 2. The van der Waals surface area contributed by atoms with Crippen molar-refractivity contribution >= 4 is 11.8 Å². The number of hydrogen-bond donors (Lipinski definition) is 2. The highest BCUT2D eigenvalue weighted by Gasteiger charge is 2.26. The molecular weight excluding hydrogens is 284 g/mol. The Kier molecular flexibility index (Phi) is 6.39. The van der Waals surface area contributed by atoms with Crippen LogP contribution in [0.5, 0.6) is 0 Å². The number of nitrogens with one attached hydrogen (secondary N) is 2. The Morgan fingerprint density at radius 3 is 2.86 bits per heavy atom. The molecule has 2 amide bonds. The van der Waals surface area contributed by atoms with Gasteiger partial charge < -0.3 is 19.9 Å². The SMILES string of the molecule is CCOCC(=O)N1CCC(C(=O)NCCc2ncc[nH]2)CC1. The number of imidazole rings is 1. The van der Waals surface area contributed by atoms with E-state index < -0.39 is 0 Å². The van der Waals surface area contributed by atoms with Crippen LogP contribution in [-0.2, 0) is 20.7 Å². The summed E-state index contributed by atoms with van der Waals surface area (Å²) in [5.74, 6) is 0.950. The number of H-pyrrole nitrogens is 1. The van der Waals surface area contributed by atoms with Crippen molar-refractivity contribution in [2.45, 2.75) is 26.2 Å². The summed E-state index contributed by atoms with van der Waals surface area (Å²) >= 11 is 0. The van der Waals surface area contributed by atoms with Gasteiger partial charge in [-0.1, -0.05) is 0 Å². The van der Waals surface area contributed by atoms with E-state index >= 15 is 0 Å². The van der Waals surface area contributed by atoms with Gasteiger partial charge in [-0.05, 0) is 19.8 Å². The maximum atomic E-state index is 12.1. The van der Waals surface area contributed by atoms with Crippen LogP contribution in [0.2, 0.25) is 0 Å². The molecular formula is C15H24N4O3. The van der Waals surface area contributed by atoms with Crippen molar-refractivity contribution in [2.75, 3.05) is 32.8 Å². The first kappa shape index (κ1) is 16.5. The zero-order valence-electron chi connectivity index (χ0n) is 13.0. The number of ether oxygens (including phenoxy) is 1. The molecule has 7 nitrogen and oxygen atoms in total. The first-order valence-corrected chi connectivity index (χ1v) is 7.82. The minimum atomic E-state index is -0.00672. The van der Waals surface area contributed by atoms with E-state index in [1.165, 1.54) is 0 Å². The minimum absolute atomic E-state index is 0.00672. The van der Waals surface area contributed by atoms with Gasteiger partial charge in [-0.25, -0.2) is 4.98 Å². The molecule has 1 aromatic rings. The van der Waals surface area contributed by atoms with E-state index in [0.29, 0.717) is 45.5 Å². The average molecular weight is 308 g/mol. The molecule has 7 heteroatoms. The summed E-state index contributed by atoms with van der Waals surface area (Å²) in [6, 6.07) is 0. The topological polar surface area (TPSA) is 87.3 Å². The highest BCUT2D eigenvalue weighted by Crippen LogP contribution is 2.17. The molecule has 0 radical (unpaired) electrons. The standard InChI is InChI=1S/C15H24N4O3/c1-2-22-11-14(20)19-9-4-12(5-10-19)15(21)18-6-3-13-16-7-8-17-13/h7-8,12H,2-6,9-11H2,1H3,(H,16,17)(H,18,21). The van der Waals surface area contributed by atoms with Gasteiger partial charge in [0.2, 0.25) is 11.8 Å². The zero-order valence-corrected chi connectivity index (χ0v) is 13.0. The van der Waals surface area contributed by atoms with E-state index in [4.69, 9.17) is 4.74 Å². The number of carbonyl (C=O) groups is 2. The van der Waals surface area contributed by atoms with Gasteiger partial charge in [-0.3, -0.25) is 9.59 Å². The number of rotatable bonds is 7. The van der Waals surface area contributed by atoms with Crippen molar-refractivity contribution in [1.29, 1.82) is 0 Å². The molecule has 0 saturated carbocycles. The fourth-order valence-corrected chi connectivity index (χ4v) is 2.55. The molecule has 0 bridgehead atoms. The Hall–Kier alpha value is -1.89. The lowest BCUT2D eigenvalue weighted by Gasteiger charge is -2.31. The maximum Gasteiger partial charge on any atom is 0.248 e. The molecule has 1 aromatic heterocycles. The summed E-state index contributed by atoms with van der Waals surface area (Å²) < 4.78 is 5.13. The summed E-state index contributed by atoms with van der Waals surface area (Å²) in [6.07, 6.45) is 5.59. The summed E-state index contributed by atoms with van der Waals surface area (Å²) in [4.78, 5) is 32.8. The molecule has 1 fully saturated rings. The Morgan fingerprint density at radius 1 is 1.45 bits per heavy atom. The van der Waals surface area contributed by atoms with Crippen LogP contribution in [0.25, 0.3) is 0 Å². The number of carbonyl (C=O) groups excluding carboxylic acids is 2. The summed E-state index contributed by atoms with van der Waals surface area (Å²) in [5, 5.41) is 2.94. The maximum absolute atomic E-state index is 12.1. The van der Waals surface area contributed by atoms with Crippen LogP contribution >= 0.6 is 0 Å². The second-order valence-corrected chi connectivity index (χ2v) is 5.37. The van der Waals surface area contributed by atoms with E-state index in [1.54, 1.807) is 17.3 Å². The summed E-state index contributed by atoms with van der Waals surface area (Å²) in [7, 11) is 0. The Balaban J connectivity index is 1.65. The third kappa shape index (κ3) is 4.84. The van der Waals surface area contributed by atoms with Gasteiger partial charge >= 0.3 is 0 Å². The normalized spacial score (nSPS) is 15.8. The first-order chi connectivity index (χ1) is 10.7. The largest absolute Gasteiger partial charge is 0.372 e. The van der Waals surface area contributed by atoms with Crippen molar-refractivity contribution in [3.05, 3.63) is 18.2 Å². The lowest BCUT2D eigenvalue weighted by Crippen LogP contribution is -2.44. The Labute approximate surface area is 130 Å². The van der Waals surface area contributed by atoms with Crippen molar-refractivity contribution in [1.82, 2.24) is 20.2 Å². The van der Waals surface area contributed by atoms with Crippen LogP contribution in [0, 0.1) is 5.92 Å². The molecule has 0 aromatic carbocycles. The zero-order chi connectivity index (χ0) is 15.8. The number of piperidine rings is 1. The van der Waals surface area contributed by atoms with Gasteiger partial charge in [0.1, 0.15) is 12.4 Å². The smallest absolute Gasteiger partial charge is 0.248 e.